The van der Waals surface area contributed by atoms with Crippen LogP contribution < -0.4 is 10.6 Å². The molecule has 96 valence electrons. The minimum atomic E-state index is 0.611. The molecule has 0 aliphatic heterocycles. The van der Waals surface area contributed by atoms with E-state index in [-0.39, 0.29) is 0 Å². The molecule has 2 N–H and O–H groups in total. The van der Waals surface area contributed by atoms with Crippen molar-refractivity contribution in [2.24, 2.45) is 5.92 Å². The van der Waals surface area contributed by atoms with Crippen molar-refractivity contribution < 1.29 is 0 Å². The highest BCUT2D eigenvalue weighted by Gasteiger charge is 2.10. The summed E-state index contributed by atoms with van der Waals surface area (Å²) in [5.74, 6) is 1.58. The Labute approximate surface area is 104 Å². The normalized spacial score (nSPS) is 11.2. The Morgan fingerprint density at radius 2 is 2.00 bits per heavy atom. The first kappa shape index (κ1) is 13.8. The Balaban J connectivity index is 2.74. The van der Waals surface area contributed by atoms with Gasteiger partial charge in [0.05, 0.1) is 0 Å². The Bertz CT molecular complexity index is 336. The van der Waals surface area contributed by atoms with Crippen molar-refractivity contribution in [3.05, 3.63) is 18.3 Å². The number of nitrogens with two attached hydrogens (primary N) is 1. The summed E-state index contributed by atoms with van der Waals surface area (Å²) in [6.45, 7) is 7.43. The number of anilines is 2. The molecule has 0 bridgehead atoms. The lowest BCUT2D eigenvalue weighted by atomic mass is 10.2. The number of pyridine rings is 1. The molecular formula is C13H24N4. The molecule has 4 heteroatoms. The average molecular weight is 236 g/mol. The van der Waals surface area contributed by atoms with E-state index in [1.807, 2.05) is 12.1 Å². The summed E-state index contributed by atoms with van der Waals surface area (Å²) in [5, 5.41) is 0. The molecular weight excluding hydrogens is 212 g/mol. The average Bonchev–Trinajstić information content (AvgIpc) is 2.23. The number of hydrogen-bond donors (Lipinski definition) is 1. The third-order valence-corrected chi connectivity index (χ3v) is 2.50. The number of hydrogen-bond acceptors (Lipinski definition) is 4. The summed E-state index contributed by atoms with van der Waals surface area (Å²) in [4.78, 5) is 8.87. The van der Waals surface area contributed by atoms with E-state index in [0.29, 0.717) is 5.92 Å². The van der Waals surface area contributed by atoms with Crippen molar-refractivity contribution in [2.45, 2.75) is 13.8 Å². The van der Waals surface area contributed by atoms with Crippen molar-refractivity contribution in [1.82, 2.24) is 9.88 Å². The van der Waals surface area contributed by atoms with Gasteiger partial charge in [0.25, 0.3) is 0 Å². The second kappa shape index (κ2) is 6.45. The lowest BCUT2D eigenvalue weighted by molar-refractivity contribution is 0.408. The lowest BCUT2D eigenvalue weighted by Gasteiger charge is -2.27. The van der Waals surface area contributed by atoms with E-state index in [1.165, 1.54) is 0 Å². The predicted molar refractivity (Wildman–Crippen MR) is 74.3 cm³/mol. The SMILES string of the molecule is CC(C)CN(CCN(C)C)c1cc(N)ccn1. The molecule has 0 amide bonds. The van der Waals surface area contributed by atoms with Crippen molar-refractivity contribution in [3.63, 3.8) is 0 Å². The molecule has 0 saturated heterocycles. The fraction of sp³-hybridized carbons (Fsp3) is 0.615. The largest absolute Gasteiger partial charge is 0.399 e. The molecule has 0 aliphatic carbocycles. The van der Waals surface area contributed by atoms with Gasteiger partial charge in [0.15, 0.2) is 0 Å². The summed E-state index contributed by atoms with van der Waals surface area (Å²) in [7, 11) is 4.17. The van der Waals surface area contributed by atoms with E-state index in [9.17, 15) is 0 Å². The standard InChI is InChI=1S/C13H24N4/c1-11(2)10-17(8-7-16(3)4)13-9-12(14)5-6-15-13/h5-6,9,11H,7-8,10H2,1-4H3,(H2,14,15). The van der Waals surface area contributed by atoms with Gasteiger partial charge in [-0.3, -0.25) is 0 Å². The molecule has 1 aromatic heterocycles. The minimum absolute atomic E-state index is 0.611. The second-order valence-corrected chi connectivity index (χ2v) is 5.09. The van der Waals surface area contributed by atoms with Gasteiger partial charge in [0.1, 0.15) is 5.82 Å². The molecule has 17 heavy (non-hydrogen) atoms. The maximum Gasteiger partial charge on any atom is 0.130 e. The zero-order chi connectivity index (χ0) is 12.8. The van der Waals surface area contributed by atoms with E-state index in [2.05, 4.69) is 42.7 Å². The van der Waals surface area contributed by atoms with Crippen molar-refractivity contribution >= 4 is 11.5 Å². The first-order chi connectivity index (χ1) is 7.99. The smallest absolute Gasteiger partial charge is 0.130 e. The topological polar surface area (TPSA) is 45.4 Å². The fourth-order valence-corrected chi connectivity index (χ4v) is 1.67. The first-order valence-corrected chi connectivity index (χ1v) is 6.10. The Morgan fingerprint density at radius 1 is 1.29 bits per heavy atom. The van der Waals surface area contributed by atoms with E-state index in [1.54, 1.807) is 6.20 Å². The van der Waals surface area contributed by atoms with Gasteiger partial charge in [-0.15, -0.1) is 0 Å². The summed E-state index contributed by atoms with van der Waals surface area (Å²) in [5.41, 5.74) is 6.58. The van der Waals surface area contributed by atoms with Crippen molar-refractivity contribution in [2.75, 3.05) is 44.4 Å². The third-order valence-electron chi connectivity index (χ3n) is 2.50. The van der Waals surface area contributed by atoms with Gasteiger partial charge in [-0.05, 0) is 26.1 Å². The predicted octanol–water partition coefficient (Wildman–Crippen LogP) is 1.69. The summed E-state index contributed by atoms with van der Waals surface area (Å²) in [6, 6.07) is 3.76. The van der Waals surface area contributed by atoms with Crippen LogP contribution in [0.3, 0.4) is 0 Å². The Morgan fingerprint density at radius 3 is 2.53 bits per heavy atom. The Kier molecular flexibility index (Phi) is 5.22. The molecule has 0 aromatic carbocycles. The summed E-state index contributed by atoms with van der Waals surface area (Å²) in [6.07, 6.45) is 1.77. The highest BCUT2D eigenvalue weighted by Crippen LogP contribution is 2.15. The summed E-state index contributed by atoms with van der Waals surface area (Å²) >= 11 is 0. The van der Waals surface area contributed by atoms with E-state index >= 15 is 0 Å². The van der Waals surface area contributed by atoms with E-state index < -0.39 is 0 Å². The van der Waals surface area contributed by atoms with Crippen LogP contribution >= 0.6 is 0 Å². The van der Waals surface area contributed by atoms with E-state index in [0.717, 1.165) is 31.1 Å². The van der Waals surface area contributed by atoms with Crippen LogP contribution in [0.15, 0.2) is 18.3 Å². The maximum atomic E-state index is 5.81. The number of nitrogen functional groups attached to an aromatic ring is 1. The number of likely N-dealkylation sites (N-methyl/N-ethyl adjacent to an activating group) is 1. The quantitative estimate of drug-likeness (QED) is 0.816. The number of aromatic nitrogens is 1. The monoisotopic (exact) mass is 236 g/mol. The van der Waals surface area contributed by atoms with Crippen LogP contribution in [0.2, 0.25) is 0 Å². The molecule has 0 unspecified atom stereocenters. The van der Waals surface area contributed by atoms with Crippen LogP contribution in [0.1, 0.15) is 13.8 Å². The van der Waals surface area contributed by atoms with Gasteiger partial charge in [-0.25, -0.2) is 4.98 Å². The van der Waals surface area contributed by atoms with Crippen molar-refractivity contribution in [3.8, 4) is 0 Å². The molecule has 0 atom stereocenters. The zero-order valence-electron chi connectivity index (χ0n) is 11.3. The second-order valence-electron chi connectivity index (χ2n) is 5.09. The van der Waals surface area contributed by atoms with Gasteiger partial charge in [-0.2, -0.15) is 0 Å². The van der Waals surface area contributed by atoms with Gasteiger partial charge in [0.2, 0.25) is 0 Å². The molecule has 0 fully saturated rings. The van der Waals surface area contributed by atoms with Crippen LogP contribution in [0.25, 0.3) is 0 Å². The molecule has 0 spiro atoms. The highest BCUT2D eigenvalue weighted by molar-refractivity contribution is 5.50. The third kappa shape index (κ3) is 5.04. The van der Waals surface area contributed by atoms with Gasteiger partial charge >= 0.3 is 0 Å². The highest BCUT2D eigenvalue weighted by atomic mass is 15.2. The zero-order valence-corrected chi connectivity index (χ0v) is 11.3. The molecule has 1 aromatic rings. The summed E-state index contributed by atoms with van der Waals surface area (Å²) < 4.78 is 0. The first-order valence-electron chi connectivity index (χ1n) is 6.10. The minimum Gasteiger partial charge on any atom is -0.399 e. The van der Waals surface area contributed by atoms with Gasteiger partial charge < -0.3 is 15.5 Å². The van der Waals surface area contributed by atoms with Crippen molar-refractivity contribution in [1.29, 1.82) is 0 Å². The lowest BCUT2D eigenvalue weighted by Crippen LogP contribution is -2.34. The van der Waals surface area contributed by atoms with Crippen LogP contribution in [-0.2, 0) is 0 Å². The van der Waals surface area contributed by atoms with Crippen LogP contribution in [0.5, 0.6) is 0 Å². The van der Waals surface area contributed by atoms with E-state index in [4.69, 9.17) is 5.73 Å². The van der Waals surface area contributed by atoms with Crippen LogP contribution in [0.4, 0.5) is 11.5 Å². The van der Waals surface area contributed by atoms with Gasteiger partial charge in [0, 0.05) is 37.6 Å². The Hall–Kier alpha value is -1.29. The molecule has 0 saturated carbocycles. The molecule has 1 rings (SSSR count). The maximum absolute atomic E-state index is 5.81. The fourth-order valence-electron chi connectivity index (χ4n) is 1.67. The molecule has 0 aliphatic rings. The molecule has 1 heterocycles. The van der Waals surface area contributed by atoms with Crippen LogP contribution in [-0.4, -0.2) is 43.6 Å². The van der Waals surface area contributed by atoms with Crippen LogP contribution in [0, 0.1) is 5.92 Å². The molecule has 4 nitrogen and oxygen atoms in total. The number of nitrogens with zero attached hydrogens (tertiary/aromatic N) is 3. The number of rotatable bonds is 6. The molecule has 0 radical (unpaired) electrons. The van der Waals surface area contributed by atoms with Gasteiger partial charge in [-0.1, -0.05) is 13.8 Å².